The molecule has 30 heavy (non-hydrogen) atoms. The molecule has 0 fully saturated rings. The smallest absolute Gasteiger partial charge is 0.267 e. The molecule has 0 radical (unpaired) electrons. The first-order valence-corrected chi connectivity index (χ1v) is 11.5. The van der Waals surface area contributed by atoms with Crippen molar-refractivity contribution in [3.8, 4) is 0 Å². The fraction of sp³-hybridized carbons (Fsp3) is 0.391. The van der Waals surface area contributed by atoms with Crippen LogP contribution in [0.2, 0.25) is 0 Å². The van der Waals surface area contributed by atoms with Crippen molar-refractivity contribution in [2.24, 2.45) is 5.10 Å². The number of carbonyl (C=O) groups excluding carboxylic acids is 1. The molecular weight excluding hydrogens is 398 g/mol. The van der Waals surface area contributed by atoms with Gasteiger partial charge in [-0.15, -0.1) is 0 Å². The number of hydrazone groups is 1. The molecular formula is C23H31N3O3S. The standard InChI is InChI=1S/C23H31N3O3S/c1-7-26(8-2)30(28,29)21-11-9-10-19(16-21)22(27)25-24-17(3)18-12-14-20(15-13-18)23(4,5)6/h9-16H,7-8H2,1-6H3,(H,25,27). The van der Waals surface area contributed by atoms with Gasteiger partial charge < -0.3 is 0 Å². The van der Waals surface area contributed by atoms with Gasteiger partial charge in [-0.05, 0) is 41.7 Å². The lowest BCUT2D eigenvalue weighted by Crippen LogP contribution is -2.30. The van der Waals surface area contributed by atoms with Crippen LogP contribution in [-0.4, -0.2) is 37.4 Å². The lowest BCUT2D eigenvalue weighted by atomic mass is 9.86. The van der Waals surface area contributed by atoms with E-state index >= 15 is 0 Å². The van der Waals surface area contributed by atoms with Crippen LogP contribution in [0.25, 0.3) is 0 Å². The Morgan fingerprint density at radius 3 is 2.13 bits per heavy atom. The van der Waals surface area contributed by atoms with Gasteiger partial charge in [-0.2, -0.15) is 9.41 Å². The lowest BCUT2D eigenvalue weighted by Gasteiger charge is -2.19. The molecule has 2 aromatic carbocycles. The van der Waals surface area contributed by atoms with Gasteiger partial charge in [-0.1, -0.05) is 65.0 Å². The van der Waals surface area contributed by atoms with Crippen LogP contribution >= 0.6 is 0 Å². The Morgan fingerprint density at radius 1 is 1.00 bits per heavy atom. The minimum absolute atomic E-state index is 0.0638. The molecule has 0 aliphatic rings. The van der Waals surface area contributed by atoms with E-state index in [0.29, 0.717) is 18.8 Å². The van der Waals surface area contributed by atoms with E-state index in [1.807, 2.05) is 19.1 Å². The van der Waals surface area contributed by atoms with E-state index < -0.39 is 15.9 Å². The lowest BCUT2D eigenvalue weighted by molar-refractivity contribution is 0.0954. The van der Waals surface area contributed by atoms with Crippen LogP contribution in [0.15, 0.2) is 58.5 Å². The summed E-state index contributed by atoms with van der Waals surface area (Å²) in [6, 6.07) is 14.1. The predicted octanol–water partition coefficient (Wildman–Crippen LogP) is 4.17. The summed E-state index contributed by atoms with van der Waals surface area (Å²) in [5, 5.41) is 4.18. The van der Waals surface area contributed by atoms with Crippen molar-refractivity contribution in [1.29, 1.82) is 0 Å². The Bertz CT molecular complexity index is 1020. The summed E-state index contributed by atoms with van der Waals surface area (Å²) < 4.78 is 26.7. The zero-order chi connectivity index (χ0) is 22.5. The summed E-state index contributed by atoms with van der Waals surface area (Å²) in [7, 11) is -3.63. The van der Waals surface area contributed by atoms with Gasteiger partial charge in [0.05, 0.1) is 10.6 Å². The number of benzene rings is 2. The largest absolute Gasteiger partial charge is 0.271 e. The van der Waals surface area contributed by atoms with Crippen LogP contribution in [-0.2, 0) is 15.4 Å². The second-order valence-electron chi connectivity index (χ2n) is 8.08. The van der Waals surface area contributed by atoms with Gasteiger partial charge >= 0.3 is 0 Å². The van der Waals surface area contributed by atoms with Gasteiger partial charge in [-0.3, -0.25) is 4.79 Å². The first kappa shape index (κ1) is 23.8. The summed E-state index contributed by atoms with van der Waals surface area (Å²) in [5.74, 6) is -0.461. The van der Waals surface area contributed by atoms with Crippen molar-refractivity contribution in [2.75, 3.05) is 13.1 Å². The van der Waals surface area contributed by atoms with Crippen LogP contribution in [0, 0.1) is 0 Å². The third kappa shape index (κ3) is 5.55. The Hall–Kier alpha value is -2.51. The van der Waals surface area contributed by atoms with E-state index in [4.69, 9.17) is 0 Å². The topological polar surface area (TPSA) is 78.8 Å². The van der Waals surface area contributed by atoms with Gasteiger partial charge in [0.1, 0.15) is 0 Å². The van der Waals surface area contributed by atoms with Crippen molar-refractivity contribution in [2.45, 2.75) is 51.9 Å². The Morgan fingerprint density at radius 2 is 1.60 bits per heavy atom. The Labute approximate surface area is 180 Å². The monoisotopic (exact) mass is 429 g/mol. The molecule has 0 spiro atoms. The number of amides is 1. The molecule has 0 aromatic heterocycles. The fourth-order valence-electron chi connectivity index (χ4n) is 2.99. The van der Waals surface area contributed by atoms with Crippen LogP contribution in [0.5, 0.6) is 0 Å². The van der Waals surface area contributed by atoms with E-state index in [0.717, 1.165) is 5.56 Å². The quantitative estimate of drug-likeness (QED) is 0.530. The highest BCUT2D eigenvalue weighted by Crippen LogP contribution is 2.22. The molecule has 0 unspecified atom stereocenters. The Balaban J connectivity index is 2.18. The Kier molecular flexibility index (Phi) is 7.55. The van der Waals surface area contributed by atoms with E-state index in [9.17, 15) is 13.2 Å². The van der Waals surface area contributed by atoms with Gasteiger partial charge in [-0.25, -0.2) is 13.8 Å². The van der Waals surface area contributed by atoms with E-state index in [2.05, 4.69) is 43.4 Å². The number of hydrogen-bond donors (Lipinski definition) is 1. The van der Waals surface area contributed by atoms with Crippen molar-refractivity contribution >= 4 is 21.6 Å². The molecule has 2 rings (SSSR count). The fourth-order valence-corrected chi connectivity index (χ4v) is 4.49. The predicted molar refractivity (Wildman–Crippen MR) is 121 cm³/mol. The van der Waals surface area contributed by atoms with Crippen LogP contribution in [0.3, 0.4) is 0 Å². The highest BCUT2D eigenvalue weighted by molar-refractivity contribution is 7.89. The minimum Gasteiger partial charge on any atom is -0.267 e. The molecule has 2 aromatic rings. The molecule has 1 N–H and O–H groups in total. The van der Waals surface area contributed by atoms with Gasteiger partial charge in [0.2, 0.25) is 10.0 Å². The summed E-state index contributed by atoms with van der Waals surface area (Å²) in [6.45, 7) is 12.6. The van der Waals surface area contributed by atoms with Crippen LogP contribution < -0.4 is 5.43 Å². The summed E-state index contributed by atoms with van der Waals surface area (Å²) in [5.41, 5.74) is 5.60. The molecule has 0 aliphatic heterocycles. The molecule has 0 bridgehead atoms. The summed E-state index contributed by atoms with van der Waals surface area (Å²) in [4.78, 5) is 12.6. The zero-order valence-corrected chi connectivity index (χ0v) is 19.4. The SMILES string of the molecule is CCN(CC)S(=O)(=O)c1cccc(C(=O)NN=C(C)c2ccc(C(C)(C)C)cc2)c1. The highest BCUT2D eigenvalue weighted by Gasteiger charge is 2.22. The number of rotatable bonds is 7. The maximum atomic E-state index is 12.7. The van der Waals surface area contributed by atoms with Crippen molar-refractivity contribution < 1.29 is 13.2 Å². The molecule has 0 heterocycles. The normalized spacial score (nSPS) is 12.8. The van der Waals surface area contributed by atoms with Gasteiger partial charge in [0, 0.05) is 18.7 Å². The molecule has 6 nitrogen and oxygen atoms in total. The van der Waals surface area contributed by atoms with Crippen LogP contribution in [0.4, 0.5) is 0 Å². The number of sulfonamides is 1. The number of hydrogen-bond acceptors (Lipinski definition) is 4. The number of nitrogens with one attached hydrogen (secondary N) is 1. The molecule has 0 aliphatic carbocycles. The van der Waals surface area contributed by atoms with Crippen LogP contribution in [0.1, 0.15) is 63.0 Å². The summed E-state index contributed by atoms with van der Waals surface area (Å²) >= 11 is 0. The first-order chi connectivity index (χ1) is 14.0. The molecule has 7 heteroatoms. The second-order valence-corrected chi connectivity index (χ2v) is 10.0. The molecule has 162 valence electrons. The van der Waals surface area contributed by atoms with E-state index in [1.54, 1.807) is 26.0 Å². The highest BCUT2D eigenvalue weighted by atomic mass is 32.2. The van der Waals surface area contributed by atoms with Crippen molar-refractivity contribution in [3.05, 3.63) is 65.2 Å². The third-order valence-electron chi connectivity index (χ3n) is 4.93. The maximum Gasteiger partial charge on any atom is 0.271 e. The number of carbonyl (C=O) groups is 1. The average Bonchev–Trinajstić information content (AvgIpc) is 2.72. The van der Waals surface area contributed by atoms with Crippen molar-refractivity contribution in [3.63, 3.8) is 0 Å². The maximum absolute atomic E-state index is 12.7. The van der Waals surface area contributed by atoms with E-state index in [-0.39, 0.29) is 15.9 Å². The van der Waals surface area contributed by atoms with Gasteiger partial charge in [0.15, 0.2) is 0 Å². The minimum atomic E-state index is -3.63. The zero-order valence-electron chi connectivity index (χ0n) is 18.6. The second kappa shape index (κ2) is 9.53. The van der Waals surface area contributed by atoms with Crippen molar-refractivity contribution in [1.82, 2.24) is 9.73 Å². The van der Waals surface area contributed by atoms with Gasteiger partial charge in [0.25, 0.3) is 5.91 Å². The molecule has 0 atom stereocenters. The summed E-state index contributed by atoms with van der Waals surface area (Å²) in [6.07, 6.45) is 0. The molecule has 0 saturated heterocycles. The number of nitrogens with zero attached hydrogens (tertiary/aromatic N) is 2. The molecule has 1 amide bonds. The third-order valence-corrected chi connectivity index (χ3v) is 6.98. The average molecular weight is 430 g/mol. The van der Waals surface area contributed by atoms with E-state index in [1.165, 1.54) is 22.0 Å². The first-order valence-electron chi connectivity index (χ1n) is 10.1. The molecule has 0 saturated carbocycles.